The largest absolute Gasteiger partial charge is 0.487 e. The Bertz CT molecular complexity index is 640. The molecule has 0 aliphatic rings. The SMILES string of the molecule is CCC(C)Oc1ccc(CC(=O)Cl)cc1OCc1ccccc1. The molecule has 2 aromatic carbocycles. The molecule has 0 fully saturated rings. The molecule has 0 aromatic heterocycles. The molecule has 0 spiro atoms. The third-order valence-corrected chi connectivity index (χ3v) is 3.63. The number of halogens is 1. The van der Waals surface area contributed by atoms with Gasteiger partial charge in [-0.3, -0.25) is 4.79 Å². The molecule has 0 amide bonds. The van der Waals surface area contributed by atoms with E-state index in [4.69, 9.17) is 21.1 Å². The fourth-order valence-corrected chi connectivity index (χ4v) is 2.22. The normalized spacial score (nSPS) is 11.8. The highest BCUT2D eigenvalue weighted by Crippen LogP contribution is 2.31. The van der Waals surface area contributed by atoms with Crippen molar-refractivity contribution in [1.29, 1.82) is 0 Å². The minimum atomic E-state index is -0.394. The van der Waals surface area contributed by atoms with Crippen LogP contribution in [0.1, 0.15) is 31.4 Å². The third-order valence-electron chi connectivity index (χ3n) is 3.49. The van der Waals surface area contributed by atoms with Crippen molar-refractivity contribution in [1.82, 2.24) is 0 Å². The number of rotatable bonds is 8. The predicted molar refractivity (Wildman–Crippen MR) is 92.2 cm³/mol. The summed E-state index contributed by atoms with van der Waals surface area (Å²) in [7, 11) is 0. The molecule has 1 unspecified atom stereocenters. The van der Waals surface area contributed by atoms with Crippen LogP contribution >= 0.6 is 11.6 Å². The lowest BCUT2D eigenvalue weighted by Gasteiger charge is -2.17. The first kappa shape index (κ1) is 17.4. The van der Waals surface area contributed by atoms with Crippen LogP contribution in [0, 0.1) is 0 Å². The van der Waals surface area contributed by atoms with E-state index in [9.17, 15) is 4.79 Å². The Labute approximate surface area is 142 Å². The van der Waals surface area contributed by atoms with E-state index in [1.807, 2.05) is 55.5 Å². The Hall–Kier alpha value is -2.00. The molecule has 0 aliphatic carbocycles. The van der Waals surface area contributed by atoms with Crippen LogP contribution < -0.4 is 9.47 Å². The van der Waals surface area contributed by atoms with Gasteiger partial charge in [-0.15, -0.1) is 0 Å². The molecule has 0 radical (unpaired) electrons. The maximum atomic E-state index is 11.1. The Morgan fingerprint density at radius 1 is 1.09 bits per heavy atom. The van der Waals surface area contributed by atoms with E-state index >= 15 is 0 Å². The molecule has 4 heteroatoms. The van der Waals surface area contributed by atoms with Crippen molar-refractivity contribution >= 4 is 16.8 Å². The first-order chi connectivity index (χ1) is 11.1. The lowest BCUT2D eigenvalue weighted by atomic mass is 10.1. The zero-order valence-electron chi connectivity index (χ0n) is 13.4. The van der Waals surface area contributed by atoms with Crippen LogP contribution in [-0.4, -0.2) is 11.3 Å². The van der Waals surface area contributed by atoms with Gasteiger partial charge in [0, 0.05) is 6.42 Å². The zero-order chi connectivity index (χ0) is 16.7. The van der Waals surface area contributed by atoms with Gasteiger partial charge in [-0.1, -0.05) is 43.3 Å². The van der Waals surface area contributed by atoms with Gasteiger partial charge < -0.3 is 9.47 Å². The third kappa shape index (κ3) is 5.61. The molecule has 122 valence electrons. The molecule has 0 saturated carbocycles. The lowest BCUT2D eigenvalue weighted by Crippen LogP contribution is -2.11. The van der Waals surface area contributed by atoms with Crippen molar-refractivity contribution in [3.05, 3.63) is 59.7 Å². The molecular weight excluding hydrogens is 312 g/mol. The van der Waals surface area contributed by atoms with E-state index in [0.717, 1.165) is 17.5 Å². The highest BCUT2D eigenvalue weighted by molar-refractivity contribution is 6.63. The molecule has 0 heterocycles. The summed E-state index contributed by atoms with van der Waals surface area (Å²) in [5, 5.41) is -0.394. The molecule has 23 heavy (non-hydrogen) atoms. The number of ether oxygens (including phenoxy) is 2. The van der Waals surface area contributed by atoms with Crippen molar-refractivity contribution in [3.63, 3.8) is 0 Å². The molecule has 2 rings (SSSR count). The average molecular weight is 333 g/mol. The van der Waals surface area contributed by atoms with Crippen LogP contribution in [0.2, 0.25) is 0 Å². The summed E-state index contributed by atoms with van der Waals surface area (Å²) in [4.78, 5) is 11.1. The van der Waals surface area contributed by atoms with Gasteiger partial charge in [0.25, 0.3) is 0 Å². The van der Waals surface area contributed by atoms with E-state index in [1.54, 1.807) is 0 Å². The Morgan fingerprint density at radius 3 is 2.48 bits per heavy atom. The molecule has 2 aromatic rings. The maximum absolute atomic E-state index is 11.1. The number of hydrogen-bond acceptors (Lipinski definition) is 3. The second-order valence-electron chi connectivity index (χ2n) is 5.42. The van der Waals surface area contributed by atoms with Crippen molar-refractivity contribution < 1.29 is 14.3 Å². The van der Waals surface area contributed by atoms with Crippen LogP contribution in [0.5, 0.6) is 11.5 Å². The summed E-state index contributed by atoms with van der Waals surface area (Å²) in [6.07, 6.45) is 1.17. The van der Waals surface area contributed by atoms with Crippen LogP contribution in [0.4, 0.5) is 0 Å². The summed E-state index contributed by atoms with van der Waals surface area (Å²) in [6.45, 7) is 4.52. The number of carbonyl (C=O) groups is 1. The summed E-state index contributed by atoms with van der Waals surface area (Å²) < 4.78 is 11.8. The highest BCUT2D eigenvalue weighted by Gasteiger charge is 2.11. The van der Waals surface area contributed by atoms with Gasteiger partial charge >= 0.3 is 0 Å². The first-order valence-corrected chi connectivity index (χ1v) is 8.11. The predicted octanol–water partition coefficient (Wildman–Crippen LogP) is 4.75. The van der Waals surface area contributed by atoms with Crippen molar-refractivity contribution in [2.24, 2.45) is 0 Å². The number of hydrogen-bond donors (Lipinski definition) is 0. The Morgan fingerprint density at radius 2 is 1.83 bits per heavy atom. The molecule has 1 atom stereocenters. The summed E-state index contributed by atoms with van der Waals surface area (Å²) in [5.41, 5.74) is 1.88. The van der Waals surface area contributed by atoms with Gasteiger partial charge in [-0.25, -0.2) is 0 Å². The van der Waals surface area contributed by atoms with Gasteiger partial charge in [0.15, 0.2) is 11.5 Å². The molecule has 0 bridgehead atoms. The van der Waals surface area contributed by atoms with E-state index in [2.05, 4.69) is 6.92 Å². The van der Waals surface area contributed by atoms with Crippen LogP contribution in [0.15, 0.2) is 48.5 Å². The summed E-state index contributed by atoms with van der Waals surface area (Å²) in [5.74, 6) is 1.31. The lowest BCUT2D eigenvalue weighted by molar-refractivity contribution is -0.111. The highest BCUT2D eigenvalue weighted by atomic mass is 35.5. The maximum Gasteiger partial charge on any atom is 0.226 e. The fraction of sp³-hybridized carbons (Fsp3) is 0.316. The first-order valence-electron chi connectivity index (χ1n) is 7.73. The van der Waals surface area contributed by atoms with Crippen LogP contribution in [0.25, 0.3) is 0 Å². The van der Waals surface area contributed by atoms with Gasteiger partial charge in [-0.05, 0) is 48.2 Å². The Kier molecular flexibility index (Phi) is 6.48. The molecule has 0 aliphatic heterocycles. The second kappa shape index (κ2) is 8.59. The van der Waals surface area contributed by atoms with E-state index in [0.29, 0.717) is 18.1 Å². The van der Waals surface area contributed by atoms with E-state index in [-0.39, 0.29) is 12.5 Å². The van der Waals surface area contributed by atoms with E-state index in [1.165, 1.54) is 0 Å². The quantitative estimate of drug-likeness (QED) is 0.654. The van der Waals surface area contributed by atoms with Gasteiger partial charge in [-0.2, -0.15) is 0 Å². The molecule has 0 N–H and O–H groups in total. The van der Waals surface area contributed by atoms with Crippen molar-refractivity contribution in [3.8, 4) is 11.5 Å². The van der Waals surface area contributed by atoms with Crippen molar-refractivity contribution in [2.75, 3.05) is 0 Å². The Balaban J connectivity index is 2.18. The topological polar surface area (TPSA) is 35.5 Å². The molecule has 0 saturated heterocycles. The van der Waals surface area contributed by atoms with E-state index < -0.39 is 5.24 Å². The molecular formula is C19H21ClO3. The second-order valence-corrected chi connectivity index (χ2v) is 5.85. The van der Waals surface area contributed by atoms with Crippen LogP contribution in [-0.2, 0) is 17.8 Å². The van der Waals surface area contributed by atoms with Gasteiger partial charge in [0.1, 0.15) is 6.61 Å². The minimum absolute atomic E-state index is 0.0922. The number of carbonyl (C=O) groups excluding carboxylic acids is 1. The fourth-order valence-electron chi connectivity index (χ4n) is 2.07. The van der Waals surface area contributed by atoms with Gasteiger partial charge in [0.2, 0.25) is 5.24 Å². The molecule has 3 nitrogen and oxygen atoms in total. The minimum Gasteiger partial charge on any atom is -0.487 e. The standard InChI is InChI=1S/C19H21ClO3/c1-3-14(2)23-17-10-9-16(12-19(20)21)11-18(17)22-13-15-7-5-4-6-8-15/h4-11,14H,3,12-13H2,1-2H3. The summed E-state index contributed by atoms with van der Waals surface area (Å²) >= 11 is 5.47. The smallest absolute Gasteiger partial charge is 0.226 e. The average Bonchev–Trinajstić information content (AvgIpc) is 2.55. The zero-order valence-corrected chi connectivity index (χ0v) is 14.2. The summed E-state index contributed by atoms with van der Waals surface area (Å²) in [6, 6.07) is 15.4. The monoisotopic (exact) mass is 332 g/mol. The van der Waals surface area contributed by atoms with Gasteiger partial charge in [0.05, 0.1) is 6.10 Å². The van der Waals surface area contributed by atoms with Crippen molar-refractivity contribution in [2.45, 2.75) is 39.4 Å². The number of benzene rings is 2. The van der Waals surface area contributed by atoms with Crippen LogP contribution in [0.3, 0.4) is 0 Å².